The highest BCUT2D eigenvalue weighted by Gasteiger charge is 2.03. The standard InChI is InChI=1S/C21H24N4O3/c1-27-15-16-28-20-9-5-18(6-10-20)24-21(26)22-13-11-17-3-7-19(8-4-17)25-14-2-12-23-25/h2-10,12,14H,11,13,15-16H2,1H3,(H2,22,24,26). The molecule has 2 aromatic carbocycles. The van der Waals surface area contributed by atoms with Crippen LogP contribution in [0.2, 0.25) is 0 Å². The Labute approximate surface area is 164 Å². The summed E-state index contributed by atoms with van der Waals surface area (Å²) in [4.78, 5) is 12.0. The Bertz CT molecular complexity index is 846. The van der Waals surface area contributed by atoms with E-state index in [4.69, 9.17) is 9.47 Å². The summed E-state index contributed by atoms with van der Waals surface area (Å²) < 4.78 is 12.2. The maximum Gasteiger partial charge on any atom is 0.319 e. The van der Waals surface area contributed by atoms with Crippen LogP contribution in [-0.4, -0.2) is 42.7 Å². The van der Waals surface area contributed by atoms with Crippen LogP contribution >= 0.6 is 0 Å². The normalized spacial score (nSPS) is 10.5. The monoisotopic (exact) mass is 380 g/mol. The van der Waals surface area contributed by atoms with Gasteiger partial charge >= 0.3 is 6.03 Å². The zero-order valence-electron chi connectivity index (χ0n) is 15.8. The third kappa shape index (κ3) is 5.85. The number of carbonyl (C=O) groups excluding carboxylic acids is 1. The summed E-state index contributed by atoms with van der Waals surface area (Å²) >= 11 is 0. The Kier molecular flexibility index (Phi) is 7.03. The van der Waals surface area contributed by atoms with Gasteiger partial charge in [0.1, 0.15) is 12.4 Å². The lowest BCUT2D eigenvalue weighted by atomic mass is 10.1. The van der Waals surface area contributed by atoms with E-state index in [2.05, 4.69) is 15.7 Å². The highest BCUT2D eigenvalue weighted by atomic mass is 16.5. The average Bonchev–Trinajstić information content (AvgIpc) is 3.25. The molecule has 1 heterocycles. The van der Waals surface area contributed by atoms with Gasteiger partial charge < -0.3 is 20.1 Å². The Hall–Kier alpha value is -3.32. The highest BCUT2D eigenvalue weighted by molar-refractivity contribution is 5.89. The number of carbonyl (C=O) groups is 1. The first-order chi connectivity index (χ1) is 13.7. The zero-order valence-corrected chi connectivity index (χ0v) is 15.8. The van der Waals surface area contributed by atoms with Crippen molar-refractivity contribution in [2.45, 2.75) is 6.42 Å². The molecule has 2 amide bonds. The topological polar surface area (TPSA) is 77.4 Å². The summed E-state index contributed by atoms with van der Waals surface area (Å²) in [6.45, 7) is 1.58. The fraction of sp³-hybridized carbons (Fsp3) is 0.238. The van der Waals surface area contributed by atoms with E-state index in [1.165, 1.54) is 0 Å². The molecule has 0 atom stereocenters. The molecule has 3 aromatic rings. The number of hydrogen-bond acceptors (Lipinski definition) is 4. The van der Waals surface area contributed by atoms with E-state index in [1.807, 2.05) is 53.3 Å². The Morgan fingerprint density at radius 1 is 1.07 bits per heavy atom. The molecule has 0 bridgehead atoms. The van der Waals surface area contributed by atoms with E-state index in [0.717, 1.165) is 23.4 Å². The lowest BCUT2D eigenvalue weighted by Crippen LogP contribution is -2.30. The third-order valence-electron chi connectivity index (χ3n) is 4.07. The average molecular weight is 380 g/mol. The van der Waals surface area contributed by atoms with E-state index in [1.54, 1.807) is 25.4 Å². The Morgan fingerprint density at radius 3 is 2.54 bits per heavy atom. The first-order valence-electron chi connectivity index (χ1n) is 9.10. The number of anilines is 1. The van der Waals surface area contributed by atoms with Gasteiger partial charge in [-0.25, -0.2) is 9.48 Å². The zero-order chi connectivity index (χ0) is 19.6. The summed E-state index contributed by atoms with van der Waals surface area (Å²) in [6.07, 6.45) is 4.40. The molecule has 2 N–H and O–H groups in total. The van der Waals surface area contributed by atoms with Crippen molar-refractivity contribution in [3.63, 3.8) is 0 Å². The fourth-order valence-corrected chi connectivity index (χ4v) is 2.61. The van der Waals surface area contributed by atoms with Gasteiger partial charge in [0.15, 0.2) is 0 Å². The first-order valence-corrected chi connectivity index (χ1v) is 9.10. The maximum atomic E-state index is 12.0. The number of urea groups is 1. The number of nitrogens with zero attached hydrogens (tertiary/aromatic N) is 2. The highest BCUT2D eigenvalue weighted by Crippen LogP contribution is 2.15. The molecule has 0 radical (unpaired) electrons. The number of ether oxygens (including phenoxy) is 2. The molecule has 3 rings (SSSR count). The maximum absolute atomic E-state index is 12.0. The third-order valence-corrected chi connectivity index (χ3v) is 4.07. The summed E-state index contributed by atoms with van der Waals surface area (Å²) in [6, 6.07) is 17.0. The molecule has 0 aliphatic rings. The first kappa shape index (κ1) is 19.4. The Balaban J connectivity index is 1.39. The van der Waals surface area contributed by atoms with Gasteiger partial charge in [-0.3, -0.25) is 0 Å². The quantitative estimate of drug-likeness (QED) is 0.559. The van der Waals surface area contributed by atoms with Crippen molar-refractivity contribution in [3.05, 3.63) is 72.6 Å². The molecule has 0 aliphatic heterocycles. The number of hydrogen-bond donors (Lipinski definition) is 2. The minimum absolute atomic E-state index is 0.235. The molecular weight excluding hydrogens is 356 g/mol. The lowest BCUT2D eigenvalue weighted by molar-refractivity contribution is 0.146. The van der Waals surface area contributed by atoms with Crippen LogP contribution in [-0.2, 0) is 11.2 Å². The van der Waals surface area contributed by atoms with Crippen molar-refractivity contribution >= 4 is 11.7 Å². The second-order valence-corrected chi connectivity index (χ2v) is 6.11. The molecule has 28 heavy (non-hydrogen) atoms. The van der Waals surface area contributed by atoms with Crippen LogP contribution in [0.15, 0.2) is 67.0 Å². The summed E-state index contributed by atoms with van der Waals surface area (Å²) in [5.41, 5.74) is 2.86. The molecular formula is C21H24N4O3. The van der Waals surface area contributed by atoms with Gasteiger partial charge in [-0.1, -0.05) is 12.1 Å². The van der Waals surface area contributed by atoms with E-state index in [9.17, 15) is 4.79 Å². The summed E-state index contributed by atoms with van der Waals surface area (Å²) in [7, 11) is 1.63. The minimum atomic E-state index is -0.235. The summed E-state index contributed by atoms with van der Waals surface area (Å²) in [5.74, 6) is 0.738. The number of rotatable bonds is 9. The van der Waals surface area contributed by atoms with Crippen LogP contribution in [0.4, 0.5) is 10.5 Å². The lowest BCUT2D eigenvalue weighted by Gasteiger charge is -2.09. The molecule has 7 heteroatoms. The summed E-state index contributed by atoms with van der Waals surface area (Å²) in [5, 5.41) is 9.87. The largest absolute Gasteiger partial charge is 0.491 e. The van der Waals surface area contributed by atoms with Crippen molar-refractivity contribution in [3.8, 4) is 11.4 Å². The predicted molar refractivity (Wildman–Crippen MR) is 108 cm³/mol. The fourth-order valence-electron chi connectivity index (χ4n) is 2.61. The van der Waals surface area contributed by atoms with Crippen molar-refractivity contribution < 1.29 is 14.3 Å². The second kappa shape index (κ2) is 10.1. The minimum Gasteiger partial charge on any atom is -0.491 e. The molecule has 0 saturated carbocycles. The van der Waals surface area contributed by atoms with Crippen LogP contribution in [0.3, 0.4) is 0 Å². The molecule has 1 aromatic heterocycles. The van der Waals surface area contributed by atoms with E-state index in [-0.39, 0.29) is 6.03 Å². The molecule has 0 fully saturated rings. The van der Waals surface area contributed by atoms with Crippen molar-refractivity contribution in [1.82, 2.24) is 15.1 Å². The molecule has 146 valence electrons. The second-order valence-electron chi connectivity index (χ2n) is 6.11. The van der Waals surface area contributed by atoms with Gasteiger partial charge in [-0.05, 0) is 54.4 Å². The van der Waals surface area contributed by atoms with Gasteiger partial charge in [0, 0.05) is 31.7 Å². The van der Waals surface area contributed by atoms with E-state index >= 15 is 0 Å². The number of benzene rings is 2. The predicted octanol–water partition coefficient (Wildman–Crippen LogP) is 3.26. The van der Waals surface area contributed by atoms with Crippen molar-refractivity contribution in [1.29, 1.82) is 0 Å². The van der Waals surface area contributed by atoms with Gasteiger partial charge in [-0.2, -0.15) is 5.10 Å². The van der Waals surface area contributed by atoms with Gasteiger partial charge in [-0.15, -0.1) is 0 Å². The van der Waals surface area contributed by atoms with Crippen LogP contribution in [0.1, 0.15) is 5.56 Å². The smallest absolute Gasteiger partial charge is 0.319 e. The number of nitrogens with one attached hydrogen (secondary N) is 2. The Morgan fingerprint density at radius 2 is 1.86 bits per heavy atom. The van der Waals surface area contributed by atoms with Crippen LogP contribution in [0, 0.1) is 0 Å². The van der Waals surface area contributed by atoms with Crippen LogP contribution in [0.25, 0.3) is 5.69 Å². The number of aromatic nitrogens is 2. The van der Waals surface area contributed by atoms with Crippen molar-refractivity contribution in [2.75, 3.05) is 32.2 Å². The molecule has 0 aliphatic carbocycles. The van der Waals surface area contributed by atoms with Crippen molar-refractivity contribution in [2.24, 2.45) is 0 Å². The van der Waals surface area contributed by atoms with Crippen LogP contribution < -0.4 is 15.4 Å². The molecule has 0 saturated heterocycles. The molecule has 0 spiro atoms. The van der Waals surface area contributed by atoms with Gasteiger partial charge in [0.2, 0.25) is 0 Å². The SMILES string of the molecule is COCCOc1ccc(NC(=O)NCCc2ccc(-n3cccn3)cc2)cc1. The van der Waals surface area contributed by atoms with Crippen LogP contribution in [0.5, 0.6) is 5.75 Å². The number of methoxy groups -OCH3 is 1. The molecule has 7 nitrogen and oxygen atoms in total. The molecule has 0 unspecified atom stereocenters. The van der Waals surface area contributed by atoms with Gasteiger partial charge in [0.25, 0.3) is 0 Å². The van der Waals surface area contributed by atoms with E-state index < -0.39 is 0 Å². The van der Waals surface area contributed by atoms with Gasteiger partial charge in [0.05, 0.1) is 12.3 Å². The van der Waals surface area contributed by atoms with E-state index in [0.29, 0.717) is 25.4 Å². The number of amides is 2.